The second-order valence-corrected chi connectivity index (χ2v) is 6.71. The largest absolute Gasteiger partial charge is 0.323 e. The van der Waals surface area contributed by atoms with Gasteiger partial charge in [-0.05, 0) is 14.1 Å². The fraction of sp³-hybridized carbons (Fsp3) is 1.00. The molecule has 0 saturated heterocycles. The summed E-state index contributed by atoms with van der Waals surface area (Å²) in [6, 6.07) is 0. The molecule has 0 aromatic heterocycles. The van der Waals surface area contributed by atoms with Crippen LogP contribution < -0.4 is 5.32 Å². The van der Waals surface area contributed by atoms with E-state index in [9.17, 15) is 52.3 Å². The van der Waals surface area contributed by atoms with Gasteiger partial charge in [-0.3, -0.25) is 4.55 Å². The van der Waals surface area contributed by atoms with Crippen molar-refractivity contribution in [2.24, 2.45) is 0 Å². The average molecular weight is 447 g/mol. The third-order valence-corrected chi connectivity index (χ3v) is 3.52. The van der Waals surface area contributed by atoms with Crippen LogP contribution in [0.3, 0.4) is 0 Å². The van der Waals surface area contributed by atoms with Crippen molar-refractivity contribution in [2.45, 2.75) is 55.8 Å². The molecule has 8 atom stereocenters. The maximum absolute atomic E-state index is 13.2. The average Bonchev–Trinajstić information content (AvgIpc) is 2.56. The summed E-state index contributed by atoms with van der Waals surface area (Å²) in [5, 5.41) is 2.75. The smallest absolute Gasteiger partial charge is 0.272 e. The molecule has 4 nitrogen and oxygen atoms in total. The van der Waals surface area contributed by atoms with Crippen molar-refractivity contribution in [3.05, 3.63) is 0 Å². The predicted octanol–water partition coefficient (Wildman–Crippen LogP) is 2.68. The molecule has 0 radical (unpaired) electrons. The van der Waals surface area contributed by atoms with Gasteiger partial charge in [-0.15, -0.1) is 0 Å². The van der Waals surface area contributed by atoms with Crippen LogP contribution in [0, 0.1) is 0 Å². The lowest BCUT2D eigenvalue weighted by Crippen LogP contribution is -2.48. The first kappa shape index (κ1) is 28.4. The second kappa shape index (κ2) is 12.6. The summed E-state index contributed by atoms with van der Waals surface area (Å²) < 4.78 is 156. The molecule has 0 bridgehead atoms. The van der Waals surface area contributed by atoms with Crippen molar-refractivity contribution >= 4 is 10.1 Å². The van der Waals surface area contributed by atoms with Gasteiger partial charge >= 0.3 is 0 Å². The van der Waals surface area contributed by atoms with Gasteiger partial charge in [0.1, 0.15) is 5.75 Å². The number of halogens is 10. The van der Waals surface area contributed by atoms with Gasteiger partial charge in [-0.2, -0.15) is 8.42 Å². The first-order chi connectivity index (χ1) is 12.1. The molecule has 166 valence electrons. The Morgan fingerprint density at radius 3 is 1.19 bits per heavy atom. The molecule has 0 aromatic rings. The summed E-state index contributed by atoms with van der Waals surface area (Å²) in [5.41, 5.74) is 0. The number of hydrogen-bond donors (Lipinski definition) is 2. The lowest BCUT2D eigenvalue weighted by Gasteiger charge is -2.26. The molecule has 2 N–H and O–H groups in total. The van der Waals surface area contributed by atoms with Gasteiger partial charge in [0.25, 0.3) is 16.5 Å². The zero-order valence-electron chi connectivity index (χ0n) is 13.9. The Hall–Kier alpha value is -0.830. The first-order valence-electron chi connectivity index (χ1n) is 7.06. The van der Waals surface area contributed by atoms with E-state index < -0.39 is 71.7 Å². The summed E-state index contributed by atoms with van der Waals surface area (Å²) >= 11 is 0. The van der Waals surface area contributed by atoms with E-state index in [2.05, 4.69) is 5.32 Å². The molecule has 0 aliphatic carbocycles. The summed E-state index contributed by atoms with van der Waals surface area (Å²) in [5.74, 6) is -2.04. The Kier molecular flexibility index (Phi) is 13.2. The van der Waals surface area contributed by atoms with Crippen LogP contribution in [-0.2, 0) is 10.1 Å². The third-order valence-electron chi connectivity index (χ3n) is 2.78. The Bertz CT molecular complexity index is 500. The number of hydrogen-bond acceptors (Lipinski definition) is 3. The maximum Gasteiger partial charge on any atom is 0.272 e. The van der Waals surface area contributed by atoms with E-state index in [1.54, 1.807) is 0 Å². The van der Waals surface area contributed by atoms with Crippen LogP contribution >= 0.6 is 0 Å². The van der Waals surface area contributed by atoms with E-state index in [0.29, 0.717) is 0 Å². The number of nitrogens with one attached hydrogen (secondary N) is 1. The van der Waals surface area contributed by atoms with Crippen LogP contribution in [0.2, 0.25) is 0 Å². The third kappa shape index (κ3) is 10.3. The summed E-state index contributed by atoms with van der Waals surface area (Å²) in [6.45, 7) is 0. The Morgan fingerprint density at radius 2 is 0.926 bits per heavy atom. The maximum atomic E-state index is 13.2. The molecule has 8 unspecified atom stereocenters. The molecule has 0 amide bonds. The van der Waals surface area contributed by atoms with Crippen LogP contribution in [0.15, 0.2) is 0 Å². The van der Waals surface area contributed by atoms with Crippen LogP contribution in [0.4, 0.5) is 43.9 Å². The van der Waals surface area contributed by atoms with Crippen molar-refractivity contribution in [3.63, 3.8) is 0 Å². The van der Waals surface area contributed by atoms with Gasteiger partial charge in [0, 0.05) is 0 Å². The Morgan fingerprint density at radius 1 is 0.667 bits per heavy atom. The van der Waals surface area contributed by atoms with Crippen molar-refractivity contribution in [1.82, 2.24) is 5.32 Å². The molecule has 0 saturated carbocycles. The van der Waals surface area contributed by atoms with Crippen LogP contribution in [0.1, 0.15) is 0 Å². The molecular weight excluding hydrogens is 428 g/mol. The predicted molar refractivity (Wildman–Crippen MR) is 76.6 cm³/mol. The minimum atomic E-state index is -5.16. The van der Waals surface area contributed by atoms with Gasteiger partial charge in [-0.1, -0.05) is 0 Å². The number of alkyl halides is 10. The molecule has 0 aromatic carbocycles. The molecule has 0 fully saturated rings. The van der Waals surface area contributed by atoms with E-state index in [4.69, 9.17) is 4.55 Å². The monoisotopic (exact) mass is 447 g/mol. The molecule has 27 heavy (non-hydrogen) atoms. The summed E-state index contributed by atoms with van der Waals surface area (Å²) in [6.07, 6.45) is -34.8. The quantitative estimate of drug-likeness (QED) is 0.399. The topological polar surface area (TPSA) is 66.4 Å². The van der Waals surface area contributed by atoms with Gasteiger partial charge in [0.2, 0.25) is 0 Å². The lowest BCUT2D eigenvalue weighted by molar-refractivity contribution is -0.0690. The highest BCUT2D eigenvalue weighted by Gasteiger charge is 2.49. The van der Waals surface area contributed by atoms with Crippen molar-refractivity contribution in [1.29, 1.82) is 0 Å². The molecule has 0 heterocycles. The Labute approximate surface area is 149 Å². The fourth-order valence-corrected chi connectivity index (χ4v) is 2.10. The second-order valence-electron chi connectivity index (χ2n) is 5.21. The van der Waals surface area contributed by atoms with Crippen molar-refractivity contribution in [3.8, 4) is 0 Å². The fourth-order valence-electron chi connectivity index (χ4n) is 1.51. The van der Waals surface area contributed by atoms with Crippen molar-refractivity contribution in [2.75, 3.05) is 19.8 Å². The first-order valence-corrected chi connectivity index (χ1v) is 8.67. The van der Waals surface area contributed by atoms with Gasteiger partial charge in [0.15, 0.2) is 49.4 Å². The molecule has 0 aliphatic heterocycles. The zero-order valence-corrected chi connectivity index (χ0v) is 14.7. The number of rotatable bonds is 10. The molecule has 0 spiro atoms. The van der Waals surface area contributed by atoms with Crippen LogP contribution in [-0.4, -0.2) is 88.6 Å². The lowest BCUT2D eigenvalue weighted by atomic mass is 9.98. The minimum Gasteiger partial charge on any atom is -0.323 e. The van der Waals surface area contributed by atoms with E-state index in [1.165, 1.54) is 0 Å². The van der Waals surface area contributed by atoms with Crippen molar-refractivity contribution < 1.29 is 56.9 Å². The molecule has 15 heteroatoms. The Balaban J connectivity index is 0. The standard InChI is InChI=1S/C10H12F10O3S.C2H7N/c11-2(1-24(21,22)23)3(12)4(13)5(14)6(15)7(16)8(17)9(18)10(19)20;1-3-2/h2-10H,1H2,(H,21,22,23);3H,1-2H3. The van der Waals surface area contributed by atoms with E-state index in [1.807, 2.05) is 14.1 Å². The van der Waals surface area contributed by atoms with Gasteiger partial charge in [0.05, 0.1) is 0 Å². The highest BCUT2D eigenvalue weighted by atomic mass is 32.2. The molecular formula is C12H19F10NO3S. The van der Waals surface area contributed by atoms with Crippen LogP contribution in [0.25, 0.3) is 0 Å². The molecule has 0 rings (SSSR count). The summed E-state index contributed by atoms with van der Waals surface area (Å²) in [4.78, 5) is 0. The summed E-state index contributed by atoms with van der Waals surface area (Å²) in [7, 11) is -1.41. The zero-order chi connectivity index (χ0) is 22.1. The van der Waals surface area contributed by atoms with E-state index in [-0.39, 0.29) is 0 Å². The normalized spacial score (nSPS) is 21.3. The highest BCUT2D eigenvalue weighted by molar-refractivity contribution is 7.85. The SMILES string of the molecule is CNC.O=S(=O)(O)CC(F)C(F)C(F)C(F)C(F)C(F)C(F)C(F)C(F)F. The van der Waals surface area contributed by atoms with Gasteiger partial charge in [-0.25, -0.2) is 43.9 Å². The minimum absolute atomic E-state index is 1.88. The molecule has 0 aliphatic rings. The van der Waals surface area contributed by atoms with Gasteiger partial charge < -0.3 is 5.32 Å². The highest BCUT2D eigenvalue weighted by Crippen LogP contribution is 2.28. The van der Waals surface area contributed by atoms with E-state index >= 15 is 0 Å². The van der Waals surface area contributed by atoms with Crippen LogP contribution in [0.5, 0.6) is 0 Å². The van der Waals surface area contributed by atoms with E-state index in [0.717, 1.165) is 0 Å².